The molecule has 0 aliphatic heterocycles. The van der Waals surface area contributed by atoms with Gasteiger partial charge in [-0.15, -0.1) is 0 Å². The number of aromatic hydroxyl groups is 2. The van der Waals surface area contributed by atoms with E-state index in [9.17, 15) is 19.8 Å². The molecule has 28 heavy (non-hydrogen) atoms. The third-order valence-corrected chi connectivity index (χ3v) is 3.19. The number of carbonyl (C=O) groups excluding carboxylic acids is 2. The van der Waals surface area contributed by atoms with Crippen LogP contribution >= 0.6 is 0 Å². The third-order valence-electron chi connectivity index (χ3n) is 3.19. The van der Waals surface area contributed by atoms with Crippen molar-refractivity contribution >= 4 is 17.7 Å². The molecular formula is C18H23N3O7. The smallest absolute Gasteiger partial charge is 0.407 e. The van der Waals surface area contributed by atoms with Gasteiger partial charge < -0.3 is 34.8 Å². The number of carbonyl (C=O) groups is 2. The summed E-state index contributed by atoms with van der Waals surface area (Å²) in [7, 11) is 0. The third kappa shape index (κ3) is 6.38. The first-order valence-corrected chi connectivity index (χ1v) is 8.46. The van der Waals surface area contributed by atoms with Gasteiger partial charge >= 0.3 is 6.09 Å². The number of ether oxygens (including phenoxy) is 2. The van der Waals surface area contributed by atoms with Crippen LogP contribution in [0, 0.1) is 0 Å². The predicted octanol–water partition coefficient (Wildman–Crippen LogP) is 2.63. The molecule has 0 saturated heterocycles. The van der Waals surface area contributed by atoms with Gasteiger partial charge in [0.1, 0.15) is 23.7 Å². The van der Waals surface area contributed by atoms with E-state index >= 15 is 0 Å². The zero-order valence-corrected chi connectivity index (χ0v) is 16.0. The zero-order chi connectivity index (χ0) is 20.9. The van der Waals surface area contributed by atoms with Gasteiger partial charge in [-0.2, -0.15) is 0 Å². The van der Waals surface area contributed by atoms with Gasteiger partial charge in [0.05, 0.1) is 17.8 Å². The van der Waals surface area contributed by atoms with E-state index in [1.165, 1.54) is 18.2 Å². The SMILES string of the molecule is C[C@@H](COc1cc(C(=O)Nc2ccc(O)cc2O)on1)NC(=O)OC(C)(C)C. The van der Waals surface area contributed by atoms with E-state index in [-0.39, 0.29) is 41.5 Å². The zero-order valence-electron chi connectivity index (χ0n) is 16.0. The second kappa shape index (κ2) is 8.51. The van der Waals surface area contributed by atoms with E-state index in [0.717, 1.165) is 6.07 Å². The van der Waals surface area contributed by atoms with Gasteiger partial charge in [-0.05, 0) is 45.0 Å². The molecule has 10 nitrogen and oxygen atoms in total. The maximum absolute atomic E-state index is 12.1. The van der Waals surface area contributed by atoms with Gasteiger partial charge in [-0.1, -0.05) is 0 Å². The fraction of sp³-hybridized carbons (Fsp3) is 0.389. The molecule has 0 bridgehead atoms. The number of alkyl carbamates (subject to hydrolysis) is 1. The second-order valence-electron chi connectivity index (χ2n) is 7.04. The first-order chi connectivity index (χ1) is 13.0. The highest BCUT2D eigenvalue weighted by Crippen LogP contribution is 2.27. The molecule has 0 unspecified atom stereocenters. The Balaban J connectivity index is 1.86. The number of nitrogens with one attached hydrogen (secondary N) is 2. The summed E-state index contributed by atoms with van der Waals surface area (Å²) in [6.45, 7) is 7.06. The fourth-order valence-corrected chi connectivity index (χ4v) is 2.00. The van der Waals surface area contributed by atoms with Crippen LogP contribution in [0.2, 0.25) is 0 Å². The molecule has 0 aliphatic carbocycles. The van der Waals surface area contributed by atoms with Crippen LogP contribution in [-0.2, 0) is 4.74 Å². The summed E-state index contributed by atoms with van der Waals surface area (Å²) in [5, 5.41) is 27.6. The van der Waals surface area contributed by atoms with Crippen LogP contribution in [0.25, 0.3) is 0 Å². The van der Waals surface area contributed by atoms with Gasteiger partial charge in [0.2, 0.25) is 5.76 Å². The van der Waals surface area contributed by atoms with Crippen molar-refractivity contribution in [3.63, 3.8) is 0 Å². The summed E-state index contributed by atoms with van der Waals surface area (Å²) in [4.78, 5) is 23.8. The summed E-state index contributed by atoms with van der Waals surface area (Å²) >= 11 is 0. The van der Waals surface area contributed by atoms with E-state index in [2.05, 4.69) is 15.8 Å². The molecule has 0 saturated carbocycles. The minimum absolute atomic E-state index is 0.0536. The van der Waals surface area contributed by atoms with E-state index in [0.29, 0.717) is 0 Å². The number of benzene rings is 1. The highest BCUT2D eigenvalue weighted by molar-refractivity contribution is 6.03. The molecule has 2 aromatic rings. The standard InChI is InChI=1S/C18H23N3O7/c1-10(19-17(25)27-18(2,3)4)9-26-15-8-14(28-21-15)16(24)20-12-6-5-11(22)7-13(12)23/h5-8,10,22-23H,9H2,1-4H3,(H,19,25)(H,20,24)/t10-/m0/s1. The number of hydrogen-bond donors (Lipinski definition) is 4. The van der Waals surface area contributed by atoms with E-state index in [1.54, 1.807) is 27.7 Å². The monoisotopic (exact) mass is 393 g/mol. The predicted molar refractivity (Wildman–Crippen MR) is 98.6 cm³/mol. The Kier molecular flexibility index (Phi) is 6.34. The van der Waals surface area contributed by atoms with Gasteiger partial charge in [-0.3, -0.25) is 4.79 Å². The average Bonchev–Trinajstić information content (AvgIpc) is 3.02. The molecule has 1 aromatic carbocycles. The number of nitrogens with zero attached hydrogens (tertiary/aromatic N) is 1. The molecule has 2 amide bonds. The largest absolute Gasteiger partial charge is 0.508 e. The Morgan fingerprint density at radius 1 is 1.25 bits per heavy atom. The van der Waals surface area contributed by atoms with Crippen molar-refractivity contribution in [2.45, 2.75) is 39.3 Å². The molecule has 1 atom stereocenters. The van der Waals surface area contributed by atoms with Gasteiger partial charge in [-0.25, -0.2) is 4.79 Å². The van der Waals surface area contributed by atoms with E-state index in [1.807, 2.05) is 0 Å². The molecule has 10 heteroatoms. The number of phenolic OH excluding ortho intramolecular Hbond substituents is 2. The first-order valence-electron chi connectivity index (χ1n) is 8.46. The molecule has 152 valence electrons. The molecule has 0 spiro atoms. The van der Waals surface area contributed by atoms with Crippen LogP contribution in [0.3, 0.4) is 0 Å². The van der Waals surface area contributed by atoms with Crippen LogP contribution in [0.4, 0.5) is 10.5 Å². The average molecular weight is 393 g/mol. The Bertz CT molecular complexity index is 842. The Hall–Kier alpha value is -3.43. The lowest BCUT2D eigenvalue weighted by molar-refractivity contribution is 0.0492. The summed E-state index contributed by atoms with van der Waals surface area (Å²) < 4.78 is 15.4. The molecule has 4 N–H and O–H groups in total. The summed E-state index contributed by atoms with van der Waals surface area (Å²) in [5.41, 5.74) is -0.512. The Morgan fingerprint density at radius 2 is 1.96 bits per heavy atom. The Labute approximate surface area is 161 Å². The van der Waals surface area contributed by atoms with Crippen molar-refractivity contribution in [1.29, 1.82) is 0 Å². The maximum Gasteiger partial charge on any atom is 0.407 e. The van der Waals surface area contributed by atoms with Crippen molar-refractivity contribution in [2.24, 2.45) is 0 Å². The summed E-state index contributed by atoms with van der Waals surface area (Å²) in [6, 6.07) is 4.62. The van der Waals surface area contributed by atoms with Crippen LogP contribution < -0.4 is 15.4 Å². The second-order valence-corrected chi connectivity index (χ2v) is 7.04. The van der Waals surface area contributed by atoms with Crippen LogP contribution in [0.5, 0.6) is 17.4 Å². The highest BCUT2D eigenvalue weighted by atomic mass is 16.6. The minimum Gasteiger partial charge on any atom is -0.508 e. The molecule has 1 heterocycles. The fourth-order valence-electron chi connectivity index (χ4n) is 2.00. The summed E-state index contributed by atoms with van der Waals surface area (Å²) in [6.07, 6.45) is -0.572. The number of rotatable bonds is 6. The lowest BCUT2D eigenvalue weighted by atomic mass is 10.2. The molecule has 1 aromatic heterocycles. The highest BCUT2D eigenvalue weighted by Gasteiger charge is 2.19. The number of hydrogen-bond acceptors (Lipinski definition) is 8. The molecule has 0 fully saturated rings. The first kappa shape index (κ1) is 20.9. The van der Waals surface area contributed by atoms with Gasteiger partial charge in [0.25, 0.3) is 11.8 Å². The van der Waals surface area contributed by atoms with Crippen molar-refractivity contribution < 1.29 is 33.8 Å². The molecule has 2 rings (SSSR count). The number of phenols is 2. The van der Waals surface area contributed by atoms with Crippen LogP contribution in [-0.4, -0.2) is 45.6 Å². The van der Waals surface area contributed by atoms with E-state index < -0.39 is 17.6 Å². The normalized spacial score (nSPS) is 12.1. The van der Waals surface area contributed by atoms with Crippen molar-refractivity contribution in [2.75, 3.05) is 11.9 Å². The lowest BCUT2D eigenvalue weighted by Crippen LogP contribution is -2.40. The molecule has 0 radical (unpaired) electrons. The number of aromatic nitrogens is 1. The topological polar surface area (TPSA) is 143 Å². The number of amides is 2. The summed E-state index contributed by atoms with van der Waals surface area (Å²) in [5.74, 6) is -1.19. The van der Waals surface area contributed by atoms with Gasteiger partial charge in [0.15, 0.2) is 0 Å². The Morgan fingerprint density at radius 3 is 2.61 bits per heavy atom. The molecule has 0 aliphatic rings. The lowest BCUT2D eigenvalue weighted by Gasteiger charge is -2.21. The maximum atomic E-state index is 12.1. The molecular weight excluding hydrogens is 370 g/mol. The van der Waals surface area contributed by atoms with Crippen molar-refractivity contribution in [3.8, 4) is 17.4 Å². The van der Waals surface area contributed by atoms with Crippen LogP contribution in [0.1, 0.15) is 38.2 Å². The minimum atomic E-state index is -0.664. The van der Waals surface area contributed by atoms with Gasteiger partial charge in [0, 0.05) is 6.07 Å². The van der Waals surface area contributed by atoms with Crippen molar-refractivity contribution in [3.05, 3.63) is 30.0 Å². The van der Waals surface area contributed by atoms with E-state index in [4.69, 9.17) is 14.0 Å². The quantitative estimate of drug-likeness (QED) is 0.433. The van der Waals surface area contributed by atoms with Crippen molar-refractivity contribution in [1.82, 2.24) is 10.5 Å². The number of anilines is 1. The van der Waals surface area contributed by atoms with Crippen LogP contribution in [0.15, 0.2) is 28.8 Å².